The Hall–Kier alpha value is -2.76. The van der Waals surface area contributed by atoms with Crippen molar-refractivity contribution in [2.24, 2.45) is 0 Å². The highest BCUT2D eigenvalue weighted by Gasteiger charge is 2.28. The van der Waals surface area contributed by atoms with Gasteiger partial charge in [-0.15, -0.1) is 0 Å². The zero-order valence-electron chi connectivity index (χ0n) is 14.6. The molecule has 0 aliphatic carbocycles. The number of ether oxygens (including phenoxy) is 2. The second kappa shape index (κ2) is 7.88. The van der Waals surface area contributed by atoms with E-state index in [1.807, 2.05) is 50.2 Å². The van der Waals surface area contributed by atoms with Crippen LogP contribution in [-0.2, 0) is 0 Å². The first-order chi connectivity index (χ1) is 12.2. The molecule has 0 saturated carbocycles. The lowest BCUT2D eigenvalue weighted by atomic mass is 10.3. The summed E-state index contributed by atoms with van der Waals surface area (Å²) >= 11 is 0. The molecule has 6 nitrogen and oxygen atoms in total. The first kappa shape index (κ1) is 17.1. The number of likely N-dealkylation sites (tertiary alicyclic amines) is 1. The van der Waals surface area contributed by atoms with E-state index in [0.717, 1.165) is 12.0 Å². The summed E-state index contributed by atoms with van der Waals surface area (Å²) in [5.41, 5.74) is 1.77. The minimum Gasteiger partial charge on any atom is -0.492 e. The number of carbonyl (C=O) groups is 1. The van der Waals surface area contributed by atoms with Crippen LogP contribution in [0.5, 0.6) is 11.6 Å². The number of aryl methyl sites for hydroxylation is 1. The standard InChI is InChI=1S/C19H23N3O3/c1-3-24-17-7-5-4-6-16(17)21-19(23)22-11-10-15(13-22)25-18-9-8-14(2)12-20-18/h4-9,12,15H,3,10-11,13H2,1-2H3,(H,21,23)/t15-/m1/s1. The average molecular weight is 341 g/mol. The molecule has 1 fully saturated rings. The normalized spacial score (nSPS) is 16.6. The second-order valence-electron chi connectivity index (χ2n) is 6.01. The molecule has 132 valence electrons. The van der Waals surface area contributed by atoms with Crippen LogP contribution in [0, 0.1) is 6.92 Å². The maximum atomic E-state index is 12.5. The molecule has 2 aromatic rings. The monoisotopic (exact) mass is 341 g/mol. The van der Waals surface area contributed by atoms with Crippen molar-refractivity contribution in [2.75, 3.05) is 25.0 Å². The number of pyridine rings is 1. The van der Waals surface area contributed by atoms with Gasteiger partial charge in [-0.25, -0.2) is 9.78 Å². The Morgan fingerprint density at radius 3 is 2.92 bits per heavy atom. The molecule has 25 heavy (non-hydrogen) atoms. The van der Waals surface area contributed by atoms with Crippen molar-refractivity contribution in [3.05, 3.63) is 48.2 Å². The summed E-state index contributed by atoms with van der Waals surface area (Å²) in [6, 6.07) is 11.1. The van der Waals surface area contributed by atoms with Crippen LogP contribution < -0.4 is 14.8 Å². The Balaban J connectivity index is 1.56. The molecule has 1 aliphatic rings. The fraction of sp³-hybridized carbons (Fsp3) is 0.368. The van der Waals surface area contributed by atoms with Gasteiger partial charge in [0.25, 0.3) is 0 Å². The number of nitrogens with zero attached hydrogens (tertiary/aromatic N) is 2. The summed E-state index contributed by atoms with van der Waals surface area (Å²) in [6.07, 6.45) is 2.53. The van der Waals surface area contributed by atoms with E-state index >= 15 is 0 Å². The van der Waals surface area contributed by atoms with Crippen LogP contribution in [0.25, 0.3) is 0 Å². The number of hydrogen-bond acceptors (Lipinski definition) is 4. The van der Waals surface area contributed by atoms with Crippen LogP contribution >= 0.6 is 0 Å². The molecule has 2 amide bonds. The van der Waals surface area contributed by atoms with Gasteiger partial charge in [0.05, 0.1) is 18.8 Å². The van der Waals surface area contributed by atoms with E-state index in [9.17, 15) is 4.79 Å². The van der Waals surface area contributed by atoms with Crippen molar-refractivity contribution in [2.45, 2.75) is 26.4 Å². The number of anilines is 1. The van der Waals surface area contributed by atoms with Gasteiger partial charge in [-0.1, -0.05) is 18.2 Å². The quantitative estimate of drug-likeness (QED) is 0.904. The van der Waals surface area contributed by atoms with E-state index in [-0.39, 0.29) is 12.1 Å². The largest absolute Gasteiger partial charge is 0.492 e. The summed E-state index contributed by atoms with van der Waals surface area (Å²) in [7, 11) is 0. The van der Waals surface area contributed by atoms with Crippen molar-refractivity contribution >= 4 is 11.7 Å². The van der Waals surface area contributed by atoms with Gasteiger partial charge in [-0.2, -0.15) is 0 Å². The molecular formula is C19H23N3O3. The molecule has 1 aromatic carbocycles. The van der Waals surface area contributed by atoms with E-state index in [0.29, 0.717) is 37.0 Å². The Labute approximate surface area is 147 Å². The number of rotatable bonds is 5. The molecule has 0 radical (unpaired) electrons. The van der Waals surface area contributed by atoms with Gasteiger partial charge >= 0.3 is 6.03 Å². The van der Waals surface area contributed by atoms with Crippen LogP contribution in [0.3, 0.4) is 0 Å². The SMILES string of the molecule is CCOc1ccccc1NC(=O)N1CC[C@@H](Oc2ccc(C)cn2)C1. The van der Waals surface area contributed by atoms with Crippen molar-refractivity contribution in [3.63, 3.8) is 0 Å². The van der Waals surface area contributed by atoms with Gasteiger partial charge in [0.2, 0.25) is 5.88 Å². The minimum atomic E-state index is -0.143. The Bertz CT molecular complexity index is 718. The number of urea groups is 1. The third-order valence-corrected chi connectivity index (χ3v) is 4.03. The molecule has 1 N–H and O–H groups in total. The lowest BCUT2D eigenvalue weighted by Gasteiger charge is -2.19. The molecule has 2 heterocycles. The Morgan fingerprint density at radius 2 is 2.16 bits per heavy atom. The molecule has 0 spiro atoms. The molecule has 3 rings (SSSR count). The summed E-state index contributed by atoms with van der Waals surface area (Å²) in [4.78, 5) is 18.5. The van der Waals surface area contributed by atoms with Crippen LogP contribution in [-0.4, -0.2) is 41.7 Å². The number of hydrogen-bond donors (Lipinski definition) is 1. The van der Waals surface area contributed by atoms with Gasteiger partial charge in [-0.05, 0) is 31.5 Å². The third kappa shape index (κ3) is 4.41. The molecule has 1 saturated heterocycles. The highest BCUT2D eigenvalue weighted by molar-refractivity contribution is 5.91. The van der Waals surface area contributed by atoms with Crippen molar-refractivity contribution in [1.29, 1.82) is 0 Å². The highest BCUT2D eigenvalue weighted by Crippen LogP contribution is 2.25. The predicted octanol–water partition coefficient (Wildman–Crippen LogP) is 3.47. The first-order valence-corrected chi connectivity index (χ1v) is 8.52. The molecule has 1 atom stereocenters. The lowest BCUT2D eigenvalue weighted by molar-refractivity contribution is 0.190. The smallest absolute Gasteiger partial charge is 0.322 e. The third-order valence-electron chi connectivity index (χ3n) is 4.03. The van der Waals surface area contributed by atoms with Gasteiger partial charge in [0.1, 0.15) is 11.9 Å². The van der Waals surface area contributed by atoms with Gasteiger partial charge in [0, 0.05) is 25.2 Å². The van der Waals surface area contributed by atoms with Crippen molar-refractivity contribution in [3.8, 4) is 11.6 Å². The molecule has 1 aliphatic heterocycles. The Kier molecular flexibility index (Phi) is 5.38. The molecule has 1 aromatic heterocycles. The van der Waals surface area contributed by atoms with Gasteiger partial charge < -0.3 is 19.7 Å². The van der Waals surface area contributed by atoms with Crippen molar-refractivity contribution < 1.29 is 14.3 Å². The molecule has 0 bridgehead atoms. The van der Waals surface area contributed by atoms with E-state index in [4.69, 9.17) is 9.47 Å². The molecule has 6 heteroatoms. The highest BCUT2D eigenvalue weighted by atomic mass is 16.5. The van der Waals surface area contributed by atoms with E-state index in [1.165, 1.54) is 0 Å². The zero-order chi connectivity index (χ0) is 17.6. The fourth-order valence-corrected chi connectivity index (χ4v) is 2.75. The molecular weight excluding hydrogens is 318 g/mol. The number of carbonyl (C=O) groups excluding carboxylic acids is 1. The van der Waals surface area contributed by atoms with E-state index in [1.54, 1.807) is 11.1 Å². The summed E-state index contributed by atoms with van der Waals surface area (Å²) in [5.74, 6) is 1.27. The van der Waals surface area contributed by atoms with E-state index < -0.39 is 0 Å². The van der Waals surface area contributed by atoms with Gasteiger partial charge in [0.15, 0.2) is 0 Å². The maximum absolute atomic E-state index is 12.5. The second-order valence-corrected chi connectivity index (χ2v) is 6.01. The van der Waals surface area contributed by atoms with Crippen LogP contribution in [0.15, 0.2) is 42.6 Å². The topological polar surface area (TPSA) is 63.7 Å². The van der Waals surface area contributed by atoms with E-state index in [2.05, 4.69) is 10.3 Å². The number of amides is 2. The predicted molar refractivity (Wildman–Crippen MR) is 96.2 cm³/mol. The average Bonchev–Trinajstić information content (AvgIpc) is 3.08. The number of para-hydroxylation sites is 2. The summed E-state index contributed by atoms with van der Waals surface area (Å²) < 4.78 is 11.4. The Morgan fingerprint density at radius 1 is 1.32 bits per heavy atom. The first-order valence-electron chi connectivity index (χ1n) is 8.52. The van der Waals surface area contributed by atoms with Crippen LogP contribution in [0.4, 0.5) is 10.5 Å². The number of aromatic nitrogens is 1. The van der Waals surface area contributed by atoms with Crippen molar-refractivity contribution in [1.82, 2.24) is 9.88 Å². The number of nitrogens with one attached hydrogen (secondary N) is 1. The van der Waals surface area contributed by atoms with Crippen LogP contribution in [0.1, 0.15) is 18.9 Å². The van der Waals surface area contributed by atoms with Gasteiger partial charge in [-0.3, -0.25) is 0 Å². The van der Waals surface area contributed by atoms with Crippen LogP contribution in [0.2, 0.25) is 0 Å². The minimum absolute atomic E-state index is 0.0388. The number of benzene rings is 1. The zero-order valence-corrected chi connectivity index (χ0v) is 14.6. The fourth-order valence-electron chi connectivity index (χ4n) is 2.75. The summed E-state index contributed by atoms with van der Waals surface area (Å²) in [6.45, 7) is 5.64. The lowest BCUT2D eigenvalue weighted by Crippen LogP contribution is -2.34. The maximum Gasteiger partial charge on any atom is 0.322 e. The molecule has 0 unspecified atom stereocenters. The summed E-state index contributed by atoms with van der Waals surface area (Å²) in [5, 5.41) is 2.92.